The monoisotopic (exact) mass is 339 g/mol. The molecule has 2 rings (SSSR count). The van der Waals surface area contributed by atoms with Crippen LogP contribution in [0.5, 0.6) is 0 Å². The van der Waals surface area contributed by atoms with E-state index in [-0.39, 0.29) is 5.92 Å². The molecule has 0 spiro atoms. The number of nitrogens with one attached hydrogen (secondary N) is 1. The number of halogens is 3. The largest absolute Gasteiger partial charge is 0.319 e. The molecule has 0 aliphatic heterocycles. The molecule has 0 heterocycles. The highest BCUT2D eigenvalue weighted by Crippen LogP contribution is 2.27. The summed E-state index contributed by atoms with van der Waals surface area (Å²) in [6, 6.07) is 11.6. The average molecular weight is 340 g/mol. The smallest absolute Gasteiger partial charge is 0.126 e. The van der Waals surface area contributed by atoms with Crippen LogP contribution in [0.3, 0.4) is 0 Å². The number of hydrogen-bond acceptors (Lipinski definition) is 1. The van der Waals surface area contributed by atoms with Gasteiger partial charge in [-0.15, -0.1) is 0 Å². The highest BCUT2D eigenvalue weighted by Gasteiger charge is 2.15. The maximum Gasteiger partial charge on any atom is 0.126 e. The van der Waals surface area contributed by atoms with Crippen LogP contribution in [0, 0.1) is 11.6 Å². The Morgan fingerprint density at radius 2 is 1.75 bits per heavy atom. The molecule has 1 nitrogen and oxygen atoms in total. The molecule has 4 heteroatoms. The first-order chi connectivity index (χ1) is 9.60. The minimum absolute atomic E-state index is 0.150. The van der Waals surface area contributed by atoms with Gasteiger partial charge in [0.1, 0.15) is 11.6 Å². The van der Waals surface area contributed by atoms with Gasteiger partial charge in [-0.25, -0.2) is 8.78 Å². The van der Waals surface area contributed by atoms with Crippen molar-refractivity contribution in [3.8, 4) is 0 Å². The minimum atomic E-state index is -0.532. The van der Waals surface area contributed by atoms with Gasteiger partial charge in [0.2, 0.25) is 0 Å². The molecular formula is C16H16BrF2N. The van der Waals surface area contributed by atoms with Crippen LogP contribution in [0.15, 0.2) is 46.9 Å². The van der Waals surface area contributed by atoms with Crippen molar-refractivity contribution >= 4 is 15.9 Å². The van der Waals surface area contributed by atoms with Crippen molar-refractivity contribution in [2.24, 2.45) is 0 Å². The maximum atomic E-state index is 13.3. The normalized spacial score (nSPS) is 12.4. The van der Waals surface area contributed by atoms with Crippen molar-refractivity contribution in [2.45, 2.75) is 12.3 Å². The molecule has 0 aliphatic carbocycles. The second-order valence-electron chi connectivity index (χ2n) is 4.76. The lowest BCUT2D eigenvalue weighted by atomic mass is 9.92. The van der Waals surface area contributed by atoms with Gasteiger partial charge < -0.3 is 5.32 Å². The van der Waals surface area contributed by atoms with Crippen molar-refractivity contribution < 1.29 is 8.78 Å². The zero-order chi connectivity index (χ0) is 14.5. The molecule has 2 aromatic rings. The topological polar surface area (TPSA) is 12.0 Å². The Balaban J connectivity index is 2.28. The summed E-state index contributed by atoms with van der Waals surface area (Å²) in [4.78, 5) is 0. The SMILES string of the molecule is CNCC(Cc1cc(F)cc(F)c1)c1ccccc1Br. The Hall–Kier alpha value is -1.26. The summed E-state index contributed by atoms with van der Waals surface area (Å²) >= 11 is 3.53. The summed E-state index contributed by atoms with van der Waals surface area (Å²) < 4.78 is 27.6. The van der Waals surface area contributed by atoms with Crippen molar-refractivity contribution in [1.29, 1.82) is 0 Å². The molecule has 20 heavy (non-hydrogen) atoms. The Bertz CT molecular complexity index is 566. The standard InChI is InChI=1S/C16H16BrF2N/c1-20-10-12(15-4-2-3-5-16(15)17)6-11-7-13(18)9-14(19)8-11/h2-5,7-9,12,20H,6,10H2,1H3. The van der Waals surface area contributed by atoms with Gasteiger partial charge in [0.05, 0.1) is 0 Å². The van der Waals surface area contributed by atoms with Gasteiger partial charge in [-0.05, 0) is 42.8 Å². The van der Waals surface area contributed by atoms with Crippen LogP contribution in [0.4, 0.5) is 8.78 Å². The Morgan fingerprint density at radius 1 is 1.10 bits per heavy atom. The molecular weight excluding hydrogens is 324 g/mol. The van der Waals surface area contributed by atoms with Crippen LogP contribution in [0.2, 0.25) is 0 Å². The van der Waals surface area contributed by atoms with E-state index in [0.29, 0.717) is 12.0 Å². The van der Waals surface area contributed by atoms with Crippen molar-refractivity contribution in [3.63, 3.8) is 0 Å². The van der Waals surface area contributed by atoms with Gasteiger partial charge in [-0.3, -0.25) is 0 Å². The molecule has 0 aliphatic rings. The number of rotatable bonds is 5. The minimum Gasteiger partial charge on any atom is -0.319 e. The van der Waals surface area contributed by atoms with Gasteiger partial charge in [0.25, 0.3) is 0 Å². The fraction of sp³-hybridized carbons (Fsp3) is 0.250. The summed E-state index contributed by atoms with van der Waals surface area (Å²) in [6.45, 7) is 0.737. The molecule has 106 valence electrons. The van der Waals surface area contributed by atoms with Crippen molar-refractivity contribution in [1.82, 2.24) is 5.32 Å². The predicted octanol–water partition coefficient (Wildman–Crippen LogP) is 4.27. The highest BCUT2D eigenvalue weighted by molar-refractivity contribution is 9.10. The lowest BCUT2D eigenvalue weighted by Crippen LogP contribution is -2.19. The summed E-state index contributed by atoms with van der Waals surface area (Å²) in [5.74, 6) is -0.914. The Morgan fingerprint density at radius 3 is 2.35 bits per heavy atom. The van der Waals surface area contributed by atoms with E-state index in [1.165, 1.54) is 12.1 Å². The molecule has 1 N–H and O–H groups in total. The molecule has 1 unspecified atom stereocenters. The van der Waals surface area contributed by atoms with E-state index >= 15 is 0 Å². The lowest BCUT2D eigenvalue weighted by molar-refractivity contribution is 0.571. The molecule has 2 aromatic carbocycles. The van der Waals surface area contributed by atoms with Crippen LogP contribution >= 0.6 is 15.9 Å². The van der Waals surface area contributed by atoms with E-state index in [4.69, 9.17) is 0 Å². The zero-order valence-corrected chi connectivity index (χ0v) is 12.8. The molecule has 0 bridgehead atoms. The zero-order valence-electron chi connectivity index (χ0n) is 11.2. The highest BCUT2D eigenvalue weighted by atomic mass is 79.9. The number of hydrogen-bond donors (Lipinski definition) is 1. The lowest BCUT2D eigenvalue weighted by Gasteiger charge is -2.19. The first kappa shape index (κ1) is 15.1. The van der Waals surface area contributed by atoms with Crippen LogP contribution in [0.1, 0.15) is 17.0 Å². The fourth-order valence-corrected chi connectivity index (χ4v) is 2.97. The first-order valence-electron chi connectivity index (χ1n) is 6.44. The molecule has 0 saturated heterocycles. The summed E-state index contributed by atoms with van der Waals surface area (Å²) in [5.41, 5.74) is 1.80. The van der Waals surface area contributed by atoms with Gasteiger partial charge in [0.15, 0.2) is 0 Å². The number of likely N-dealkylation sites (N-methyl/N-ethyl adjacent to an activating group) is 1. The van der Waals surface area contributed by atoms with E-state index in [1.807, 2.05) is 31.3 Å². The summed E-state index contributed by atoms with van der Waals surface area (Å²) in [7, 11) is 1.87. The predicted molar refractivity (Wildman–Crippen MR) is 80.9 cm³/mol. The Kier molecular flexibility index (Phi) is 5.26. The third-order valence-electron chi connectivity index (χ3n) is 3.20. The second-order valence-corrected chi connectivity index (χ2v) is 5.61. The average Bonchev–Trinajstić information content (AvgIpc) is 2.37. The third-order valence-corrected chi connectivity index (χ3v) is 3.92. The van der Waals surface area contributed by atoms with E-state index < -0.39 is 11.6 Å². The molecule has 1 atom stereocenters. The maximum absolute atomic E-state index is 13.3. The first-order valence-corrected chi connectivity index (χ1v) is 7.23. The van der Waals surface area contributed by atoms with E-state index in [9.17, 15) is 8.78 Å². The molecule has 0 saturated carbocycles. The van der Waals surface area contributed by atoms with Crippen LogP contribution in [-0.4, -0.2) is 13.6 Å². The molecule has 0 fully saturated rings. The van der Waals surface area contributed by atoms with Crippen molar-refractivity contribution in [3.05, 3.63) is 69.7 Å². The summed E-state index contributed by atoms with van der Waals surface area (Å²) in [6.07, 6.45) is 0.581. The van der Waals surface area contributed by atoms with E-state index in [2.05, 4.69) is 21.2 Å². The quantitative estimate of drug-likeness (QED) is 0.857. The van der Waals surface area contributed by atoms with E-state index in [0.717, 1.165) is 22.6 Å². The van der Waals surface area contributed by atoms with Crippen molar-refractivity contribution in [2.75, 3.05) is 13.6 Å². The second kappa shape index (κ2) is 6.95. The van der Waals surface area contributed by atoms with Crippen LogP contribution in [0.25, 0.3) is 0 Å². The van der Waals surface area contributed by atoms with Gasteiger partial charge in [-0.1, -0.05) is 34.1 Å². The van der Waals surface area contributed by atoms with Gasteiger partial charge in [0, 0.05) is 23.0 Å². The summed E-state index contributed by atoms with van der Waals surface area (Å²) in [5, 5.41) is 3.13. The Labute approximate surface area is 126 Å². The van der Waals surface area contributed by atoms with Crippen LogP contribution < -0.4 is 5.32 Å². The molecule has 0 amide bonds. The van der Waals surface area contributed by atoms with Gasteiger partial charge in [-0.2, -0.15) is 0 Å². The molecule has 0 radical (unpaired) electrons. The van der Waals surface area contributed by atoms with Crippen LogP contribution in [-0.2, 0) is 6.42 Å². The van der Waals surface area contributed by atoms with Gasteiger partial charge >= 0.3 is 0 Å². The third kappa shape index (κ3) is 3.87. The number of benzene rings is 2. The van der Waals surface area contributed by atoms with E-state index in [1.54, 1.807) is 0 Å². The molecule has 0 aromatic heterocycles. The fourth-order valence-electron chi connectivity index (χ4n) is 2.36.